The number of rotatable bonds is 5. The van der Waals surface area contributed by atoms with Gasteiger partial charge in [-0.1, -0.05) is 0 Å². The average Bonchev–Trinajstić information content (AvgIpc) is 3.39. The lowest BCUT2D eigenvalue weighted by molar-refractivity contribution is -0.137. The van der Waals surface area contributed by atoms with Crippen molar-refractivity contribution in [1.82, 2.24) is 34.6 Å². The smallest absolute Gasteiger partial charge is 0.255 e. The van der Waals surface area contributed by atoms with Gasteiger partial charge in [-0.15, -0.1) is 0 Å². The molecular weight excluding hydrogens is 491 g/mol. The molecule has 0 spiro atoms. The van der Waals surface area contributed by atoms with Crippen LogP contribution in [0.25, 0.3) is 28.1 Å². The molecule has 1 fully saturated rings. The summed E-state index contributed by atoms with van der Waals surface area (Å²) in [6, 6.07) is 3.81. The van der Waals surface area contributed by atoms with Gasteiger partial charge >= 0.3 is 0 Å². The molecule has 1 saturated heterocycles. The average molecular weight is 511 g/mol. The third-order valence-corrected chi connectivity index (χ3v) is 6.81. The predicted octanol–water partition coefficient (Wildman–Crippen LogP) is 0.915. The molecule has 1 aliphatic heterocycles. The van der Waals surface area contributed by atoms with E-state index in [4.69, 9.17) is 5.26 Å². The first-order valence-electron chi connectivity index (χ1n) is 10.8. The molecule has 184 valence electrons. The Morgan fingerprint density at radius 1 is 1.31 bits per heavy atom. The summed E-state index contributed by atoms with van der Waals surface area (Å²) >= 11 is 0. The maximum absolute atomic E-state index is 13.8. The number of nitrogens with one attached hydrogen (secondary N) is 2. The Morgan fingerprint density at radius 3 is 2.75 bits per heavy atom. The van der Waals surface area contributed by atoms with Crippen LogP contribution in [0.15, 0.2) is 35.9 Å². The fourth-order valence-electron chi connectivity index (χ4n) is 4.01. The van der Waals surface area contributed by atoms with E-state index in [-0.39, 0.29) is 45.0 Å². The number of fused-ring (bicyclic) bond motifs is 2. The summed E-state index contributed by atoms with van der Waals surface area (Å²) in [5.41, 5.74) is 1.20. The Hall–Kier alpha value is -4.38. The van der Waals surface area contributed by atoms with Gasteiger partial charge in [-0.05, 0) is 19.1 Å². The van der Waals surface area contributed by atoms with E-state index in [0.717, 1.165) is 16.9 Å². The lowest BCUT2D eigenvalue weighted by Gasteiger charge is -2.37. The van der Waals surface area contributed by atoms with E-state index in [1.54, 1.807) is 6.92 Å². The number of carbonyl (C=O) groups excluding carboxylic acids is 2. The summed E-state index contributed by atoms with van der Waals surface area (Å²) in [5, 5.41) is 11.2. The molecule has 4 aromatic heterocycles. The normalized spacial score (nSPS) is 15.0. The summed E-state index contributed by atoms with van der Waals surface area (Å²) in [5.74, 6) is -1.71. The first-order chi connectivity index (χ1) is 17.1. The number of carbonyl (C=O) groups is 2. The molecule has 0 unspecified atom stereocenters. The summed E-state index contributed by atoms with van der Waals surface area (Å²) < 4.78 is 39.4. The van der Waals surface area contributed by atoms with Crippen molar-refractivity contribution < 1.29 is 22.4 Å². The number of sulfone groups is 1. The van der Waals surface area contributed by atoms with Gasteiger partial charge in [-0.3, -0.25) is 14.0 Å². The van der Waals surface area contributed by atoms with Gasteiger partial charge in [0.25, 0.3) is 5.91 Å². The fraction of sp³-hybridized carbons (Fsp3) is 0.273. The highest BCUT2D eigenvalue weighted by molar-refractivity contribution is 7.90. The van der Waals surface area contributed by atoms with E-state index in [9.17, 15) is 22.4 Å². The molecule has 1 atom stereocenters. The van der Waals surface area contributed by atoms with Crippen LogP contribution in [0.2, 0.25) is 0 Å². The zero-order valence-corrected chi connectivity index (χ0v) is 19.9. The van der Waals surface area contributed by atoms with Crippen LogP contribution in [0.5, 0.6) is 0 Å². The van der Waals surface area contributed by atoms with Crippen LogP contribution in [0, 0.1) is 23.1 Å². The van der Waals surface area contributed by atoms with Gasteiger partial charge in [-0.2, -0.15) is 5.26 Å². The molecule has 0 radical (unpaired) electrons. The summed E-state index contributed by atoms with van der Waals surface area (Å²) in [7, 11) is -3.81. The molecule has 5 rings (SSSR count). The first kappa shape index (κ1) is 23.4. The zero-order chi connectivity index (χ0) is 25.8. The fourth-order valence-corrected chi connectivity index (χ4v) is 4.78. The highest BCUT2D eigenvalue weighted by atomic mass is 32.2. The van der Waals surface area contributed by atoms with Gasteiger partial charge in [0.2, 0.25) is 20.9 Å². The minimum Gasteiger partial charge on any atom is -0.344 e. The Bertz CT molecular complexity index is 1700. The molecule has 5 heterocycles. The number of nitrogens with zero attached hydrogens (tertiary/aromatic N) is 6. The second-order valence-corrected chi connectivity index (χ2v) is 10.4. The molecule has 12 nitrogen and oxygen atoms in total. The van der Waals surface area contributed by atoms with Gasteiger partial charge in [0, 0.05) is 31.7 Å². The van der Waals surface area contributed by atoms with Crippen LogP contribution in [0.3, 0.4) is 0 Å². The maximum atomic E-state index is 13.8. The van der Waals surface area contributed by atoms with E-state index in [2.05, 4.69) is 31.3 Å². The summed E-state index contributed by atoms with van der Waals surface area (Å²) in [6.45, 7) is 2.21. The minimum absolute atomic E-state index is 0.121. The number of hydrogen-bond donors (Lipinski definition) is 2. The molecule has 36 heavy (non-hydrogen) atoms. The topological polar surface area (TPSA) is 166 Å². The maximum Gasteiger partial charge on any atom is 0.255 e. The highest BCUT2D eigenvalue weighted by Crippen LogP contribution is 2.27. The molecule has 2 N–H and O–H groups in total. The first-order valence-corrected chi connectivity index (χ1v) is 12.7. The van der Waals surface area contributed by atoms with Gasteiger partial charge in [-0.25, -0.2) is 27.8 Å². The van der Waals surface area contributed by atoms with E-state index in [0.29, 0.717) is 18.7 Å². The summed E-state index contributed by atoms with van der Waals surface area (Å²) in [6.07, 6.45) is 4.74. The number of aromatic nitrogens is 5. The number of imidazole rings is 1. The van der Waals surface area contributed by atoms with E-state index in [1.165, 1.54) is 29.4 Å². The molecule has 14 heteroatoms. The van der Waals surface area contributed by atoms with Crippen molar-refractivity contribution in [3.8, 4) is 17.5 Å². The van der Waals surface area contributed by atoms with Crippen molar-refractivity contribution >= 4 is 38.3 Å². The van der Waals surface area contributed by atoms with Crippen LogP contribution < -0.4 is 5.32 Å². The van der Waals surface area contributed by atoms with Crippen LogP contribution >= 0.6 is 0 Å². The highest BCUT2D eigenvalue weighted by Gasteiger charge is 2.33. The Morgan fingerprint density at radius 2 is 2.06 bits per heavy atom. The molecule has 2 amide bonds. The number of amides is 2. The molecule has 4 aromatic rings. The molecule has 1 aliphatic rings. The largest absolute Gasteiger partial charge is 0.344 e. The summed E-state index contributed by atoms with van der Waals surface area (Å²) in [4.78, 5) is 42.7. The van der Waals surface area contributed by atoms with Crippen molar-refractivity contribution in [2.45, 2.75) is 18.1 Å². The van der Waals surface area contributed by atoms with Gasteiger partial charge in [0.1, 0.15) is 28.8 Å². The molecule has 0 saturated carbocycles. The van der Waals surface area contributed by atoms with Gasteiger partial charge < -0.3 is 15.2 Å². The second-order valence-electron chi connectivity index (χ2n) is 8.54. The SMILES string of the molecule is C[C@@H](NC(=O)c1c[nH]c2ncc(-c3nc(S(C)(=O)=O)n4cc(F)ccc34)nc12)C(=O)N1CC(C#N)C1. The van der Waals surface area contributed by atoms with Gasteiger partial charge in [0.05, 0.1) is 29.3 Å². The Labute approximate surface area is 203 Å². The van der Waals surface area contributed by atoms with Crippen molar-refractivity contribution in [2.24, 2.45) is 5.92 Å². The molecule has 0 aliphatic carbocycles. The van der Waals surface area contributed by atoms with E-state index >= 15 is 0 Å². The number of nitriles is 1. The lowest BCUT2D eigenvalue weighted by atomic mass is 10.0. The predicted molar refractivity (Wildman–Crippen MR) is 124 cm³/mol. The third kappa shape index (κ3) is 3.93. The molecule has 0 aromatic carbocycles. The van der Waals surface area contributed by atoms with Crippen molar-refractivity contribution in [2.75, 3.05) is 19.3 Å². The Balaban J connectivity index is 1.48. The quantitative estimate of drug-likeness (QED) is 0.400. The number of H-pyrrole nitrogens is 1. The number of pyridine rings is 1. The van der Waals surface area contributed by atoms with Crippen molar-refractivity contribution in [1.29, 1.82) is 5.26 Å². The van der Waals surface area contributed by atoms with Crippen LogP contribution in [0.1, 0.15) is 17.3 Å². The standard InChI is InChI=1S/C22H19FN8O4S/c1-11(21(33)30-8-12(5-24)9-30)27-20(32)14-6-25-19-17(14)28-15(7-26-19)18-16-4-3-13(23)10-31(16)22(29-18)36(2,34)35/h3-4,6-7,10-12H,8-9H2,1-2H3,(H,25,26)(H,27,32)/t11-/m1/s1. The lowest BCUT2D eigenvalue weighted by Crippen LogP contribution is -2.55. The van der Waals surface area contributed by atoms with Crippen molar-refractivity contribution in [3.05, 3.63) is 42.1 Å². The molecule has 0 bridgehead atoms. The van der Waals surface area contributed by atoms with E-state index in [1.807, 2.05) is 0 Å². The zero-order valence-electron chi connectivity index (χ0n) is 19.1. The third-order valence-electron chi connectivity index (χ3n) is 5.86. The van der Waals surface area contributed by atoms with Gasteiger partial charge in [0.15, 0.2) is 5.65 Å². The van der Waals surface area contributed by atoms with Crippen LogP contribution in [-0.4, -0.2) is 74.9 Å². The van der Waals surface area contributed by atoms with E-state index < -0.39 is 27.6 Å². The monoisotopic (exact) mass is 510 g/mol. The number of aromatic amines is 1. The second kappa shape index (κ2) is 8.38. The van der Waals surface area contributed by atoms with Crippen molar-refractivity contribution in [3.63, 3.8) is 0 Å². The van der Waals surface area contributed by atoms with Crippen LogP contribution in [-0.2, 0) is 14.6 Å². The molecular formula is C22H19FN8O4S. The number of halogens is 1. The Kier molecular flexibility index (Phi) is 5.44. The number of hydrogen-bond acceptors (Lipinski definition) is 8. The number of likely N-dealkylation sites (tertiary alicyclic amines) is 1. The van der Waals surface area contributed by atoms with Crippen LogP contribution in [0.4, 0.5) is 4.39 Å². The minimum atomic E-state index is -3.81.